The Hall–Kier alpha value is -0.210. The normalized spacial score (nSPS) is 32.5. The molecule has 1 saturated carbocycles. The molecule has 158 valence electrons. The minimum absolute atomic E-state index is 0. The second-order valence-corrected chi connectivity index (χ2v) is 7.80. The summed E-state index contributed by atoms with van der Waals surface area (Å²) in [6, 6.07) is 0. The van der Waals surface area contributed by atoms with Crippen LogP contribution in [-0.2, 0) is 9.53 Å². The molecule has 8 heteroatoms. The molecule has 0 amide bonds. The molecule has 0 bridgehead atoms. The molecule has 28 heavy (non-hydrogen) atoms. The number of unbranched alkanes of at least 4 members (excludes halogenated alkanes) is 2. The third-order valence-electron chi connectivity index (χ3n) is 5.78. The van der Waals surface area contributed by atoms with E-state index in [0.717, 1.165) is 6.42 Å². The molecule has 3 N–H and O–H groups in total. The molecule has 5 nitrogen and oxygen atoms in total. The Kier molecular flexibility index (Phi) is 11.5. The van der Waals surface area contributed by atoms with Crippen molar-refractivity contribution in [1.82, 2.24) is 0 Å². The number of carboxylic acids is 1. The summed E-state index contributed by atoms with van der Waals surface area (Å²) in [6.45, 7) is 1.96. The van der Waals surface area contributed by atoms with Gasteiger partial charge in [0.1, 0.15) is 18.0 Å². The van der Waals surface area contributed by atoms with Gasteiger partial charge in [-0.2, -0.15) is 0 Å². The van der Waals surface area contributed by atoms with Gasteiger partial charge in [0.15, 0.2) is 6.17 Å². The number of aliphatic carboxylic acids is 1. The van der Waals surface area contributed by atoms with E-state index < -0.39 is 42.5 Å². The summed E-state index contributed by atoms with van der Waals surface area (Å²) in [6.07, 6.45) is 0.381. The van der Waals surface area contributed by atoms with Gasteiger partial charge in [-0.1, -0.05) is 19.8 Å². The van der Waals surface area contributed by atoms with Crippen molar-refractivity contribution >= 4 is 35.5 Å². The first-order valence-electron chi connectivity index (χ1n) is 10.1. The maximum atomic E-state index is 14.8. The fourth-order valence-corrected chi connectivity index (χ4v) is 4.24. The summed E-state index contributed by atoms with van der Waals surface area (Å²) in [7, 11) is 0. The molecule has 0 radical (unpaired) electrons. The number of halogens is 2. The Morgan fingerprint density at radius 2 is 2.07 bits per heavy atom. The monoisotopic (exact) mass is 414 g/mol. The fourth-order valence-electron chi connectivity index (χ4n) is 4.24. The van der Waals surface area contributed by atoms with E-state index >= 15 is 0 Å². The van der Waals surface area contributed by atoms with Crippen molar-refractivity contribution in [3.05, 3.63) is 11.8 Å². The van der Waals surface area contributed by atoms with Crippen LogP contribution in [0.2, 0.25) is 0 Å². The maximum absolute atomic E-state index is 14.8. The van der Waals surface area contributed by atoms with E-state index in [1.165, 1.54) is 0 Å². The van der Waals surface area contributed by atoms with Gasteiger partial charge in [0, 0.05) is 18.8 Å². The van der Waals surface area contributed by atoms with Crippen LogP contribution in [0, 0.1) is 11.8 Å². The van der Waals surface area contributed by atoms with Crippen LogP contribution >= 0.6 is 0 Å². The number of aliphatic hydroxyl groups excluding tert-OH is 2. The van der Waals surface area contributed by atoms with E-state index in [4.69, 9.17) is 9.84 Å². The van der Waals surface area contributed by atoms with Crippen LogP contribution < -0.4 is 0 Å². The number of rotatable bonds is 11. The van der Waals surface area contributed by atoms with Gasteiger partial charge in [-0.15, -0.1) is 0 Å². The molecule has 1 heterocycles. The predicted molar refractivity (Wildman–Crippen MR) is 104 cm³/mol. The number of carbonyl (C=O) groups is 1. The van der Waals surface area contributed by atoms with Crippen molar-refractivity contribution in [3.8, 4) is 0 Å². The first-order chi connectivity index (χ1) is 12.8. The van der Waals surface area contributed by atoms with Gasteiger partial charge in [-0.25, -0.2) is 8.78 Å². The zero-order valence-electron chi connectivity index (χ0n) is 15.9. The standard InChI is InChI=1S/C20H32F2O5.Na.H/c1-2-3-6-13(21)14(23)10-9-12-15(24)11-17-19(12)20(22)16(27-17)7-4-5-8-18(25)26;;/h7,12-15,17,19-20,23-24H,2-6,8-11H2,1H3,(H,25,26);;/b16-7-;;/t12-,13-,14+,15+,17-,19+,20-;;/m0../s1. The number of ether oxygens (including phenoxy) is 1. The SMILES string of the molecule is CCCC[C@H](F)[C@H](O)CC[C@@H]1[C@@H]2[C@H](C[C@H]1O)O/C(=C\CCCC(=O)O)[C@@H]2F.[NaH]. The molecule has 0 spiro atoms. The summed E-state index contributed by atoms with van der Waals surface area (Å²) < 4.78 is 34.4. The number of carboxylic acid groups (broad SMARTS) is 1. The Balaban J connectivity index is 0.00000392. The molecular formula is C20H33F2NaO5. The van der Waals surface area contributed by atoms with Gasteiger partial charge in [-0.05, 0) is 44.1 Å². The molecule has 0 aromatic carbocycles. The van der Waals surface area contributed by atoms with E-state index in [1.54, 1.807) is 6.08 Å². The van der Waals surface area contributed by atoms with Gasteiger partial charge in [0.2, 0.25) is 0 Å². The van der Waals surface area contributed by atoms with Crippen LogP contribution in [0.5, 0.6) is 0 Å². The van der Waals surface area contributed by atoms with E-state index in [-0.39, 0.29) is 54.1 Å². The van der Waals surface area contributed by atoms with E-state index in [1.807, 2.05) is 6.92 Å². The first-order valence-corrected chi connectivity index (χ1v) is 10.1. The molecule has 2 aliphatic rings. The van der Waals surface area contributed by atoms with Crippen molar-refractivity contribution < 1.29 is 33.6 Å². The third kappa shape index (κ3) is 6.94. The Morgan fingerprint density at radius 3 is 2.71 bits per heavy atom. The number of aliphatic hydroxyl groups is 2. The van der Waals surface area contributed by atoms with Gasteiger partial charge in [0.05, 0.1) is 12.2 Å². The van der Waals surface area contributed by atoms with Crippen molar-refractivity contribution in [2.24, 2.45) is 11.8 Å². The van der Waals surface area contributed by atoms with Crippen molar-refractivity contribution in [2.75, 3.05) is 0 Å². The Bertz CT molecular complexity index is 519. The molecular weight excluding hydrogens is 381 g/mol. The van der Waals surface area contributed by atoms with Crippen molar-refractivity contribution in [2.45, 2.75) is 95.4 Å². The first kappa shape index (κ1) is 25.8. The van der Waals surface area contributed by atoms with Crippen LogP contribution in [0.25, 0.3) is 0 Å². The van der Waals surface area contributed by atoms with Crippen LogP contribution in [0.3, 0.4) is 0 Å². The second kappa shape index (κ2) is 12.5. The van der Waals surface area contributed by atoms with Gasteiger partial charge in [-0.3, -0.25) is 4.79 Å². The number of allylic oxidation sites excluding steroid dienone is 2. The molecule has 1 saturated heterocycles. The number of alkyl halides is 2. The van der Waals surface area contributed by atoms with Gasteiger partial charge < -0.3 is 20.1 Å². The van der Waals surface area contributed by atoms with E-state index in [9.17, 15) is 23.8 Å². The van der Waals surface area contributed by atoms with Crippen LogP contribution in [0.1, 0.15) is 64.7 Å². The van der Waals surface area contributed by atoms with Crippen LogP contribution in [0.15, 0.2) is 11.8 Å². The Labute approximate surface area is 187 Å². The molecule has 2 fully saturated rings. The van der Waals surface area contributed by atoms with Crippen LogP contribution in [-0.4, -0.2) is 81.5 Å². The van der Waals surface area contributed by atoms with Crippen LogP contribution in [0.4, 0.5) is 8.78 Å². The quantitative estimate of drug-likeness (QED) is 0.358. The average molecular weight is 414 g/mol. The molecule has 2 rings (SSSR count). The molecule has 0 aromatic heterocycles. The fraction of sp³-hybridized carbons (Fsp3) is 0.850. The molecule has 7 atom stereocenters. The second-order valence-electron chi connectivity index (χ2n) is 7.80. The minimum atomic E-state index is -1.35. The number of fused-ring (bicyclic) bond motifs is 1. The number of hydrogen-bond acceptors (Lipinski definition) is 4. The number of hydrogen-bond donors (Lipinski definition) is 3. The van der Waals surface area contributed by atoms with E-state index in [0.29, 0.717) is 38.5 Å². The summed E-state index contributed by atoms with van der Waals surface area (Å²) in [5.74, 6) is -1.53. The van der Waals surface area contributed by atoms with E-state index in [2.05, 4.69) is 0 Å². The summed E-state index contributed by atoms with van der Waals surface area (Å²) >= 11 is 0. The van der Waals surface area contributed by atoms with Gasteiger partial charge in [0.25, 0.3) is 0 Å². The zero-order chi connectivity index (χ0) is 20.0. The summed E-state index contributed by atoms with van der Waals surface area (Å²) in [4.78, 5) is 10.5. The van der Waals surface area contributed by atoms with Crippen molar-refractivity contribution in [3.63, 3.8) is 0 Å². The molecule has 1 aliphatic carbocycles. The third-order valence-corrected chi connectivity index (χ3v) is 5.78. The topological polar surface area (TPSA) is 87.0 Å². The summed E-state index contributed by atoms with van der Waals surface area (Å²) in [5, 5.41) is 28.9. The predicted octanol–water partition coefficient (Wildman–Crippen LogP) is 2.88. The van der Waals surface area contributed by atoms with Crippen molar-refractivity contribution in [1.29, 1.82) is 0 Å². The zero-order valence-corrected chi connectivity index (χ0v) is 15.9. The summed E-state index contributed by atoms with van der Waals surface area (Å²) in [5.41, 5.74) is 0. The van der Waals surface area contributed by atoms with Gasteiger partial charge >= 0.3 is 35.5 Å². The molecule has 0 aromatic rings. The molecule has 0 unspecified atom stereocenters. The average Bonchev–Trinajstić information content (AvgIpc) is 3.09. The Morgan fingerprint density at radius 1 is 1.36 bits per heavy atom. The molecule has 1 aliphatic heterocycles.